The minimum absolute atomic E-state index is 0.951. The van der Waals surface area contributed by atoms with Crippen molar-refractivity contribution in [1.29, 1.82) is 0 Å². The van der Waals surface area contributed by atoms with E-state index in [4.69, 9.17) is 5.73 Å². The third kappa shape index (κ3) is 2.55. The predicted octanol–water partition coefficient (Wildman–Crippen LogP) is -1.42. The van der Waals surface area contributed by atoms with Gasteiger partial charge in [0.15, 0.2) is 0 Å². The fourth-order valence-corrected chi connectivity index (χ4v) is 0. The van der Waals surface area contributed by atoms with E-state index in [1.165, 1.54) is 6.92 Å². The van der Waals surface area contributed by atoms with Crippen LogP contribution in [0, 0.1) is 0 Å². The smallest absolute Gasteiger partial charge is 0.224 e. The second-order valence-corrected chi connectivity index (χ2v) is 3.22. The van der Waals surface area contributed by atoms with Gasteiger partial charge in [-0.2, -0.15) is 0 Å². The molecule has 0 spiro atoms. The lowest BCUT2D eigenvalue weighted by Crippen LogP contribution is -2.32. The Labute approximate surface area is 42.5 Å². The highest BCUT2D eigenvalue weighted by atomic mass is 32.2. The molecule has 4 N–H and O–H groups in total. The van der Waals surface area contributed by atoms with Gasteiger partial charge in [-0.25, -0.2) is 13.6 Å². The molecular weight excluding hydrogens is 116 g/mol. The maximum absolute atomic E-state index is 9.98. The molecule has 0 rings (SSSR count). The van der Waals surface area contributed by atoms with Crippen molar-refractivity contribution in [2.75, 3.05) is 0 Å². The molecule has 1 atom stereocenters. The average molecular weight is 124 g/mol. The molecule has 44 valence electrons. The molecule has 0 aromatic carbocycles. The second kappa shape index (κ2) is 1.77. The summed E-state index contributed by atoms with van der Waals surface area (Å²) in [6.45, 7) is 1.31. The predicted molar refractivity (Wildman–Crippen MR) is 26.8 cm³/mol. The van der Waals surface area contributed by atoms with Gasteiger partial charge in [-0.1, -0.05) is 0 Å². The zero-order valence-electron chi connectivity index (χ0n) is 3.96. The Bertz CT molecular complexity index is 136. The van der Waals surface area contributed by atoms with Crippen LogP contribution in [0.3, 0.4) is 0 Å². The van der Waals surface area contributed by atoms with Gasteiger partial charge >= 0.3 is 0 Å². The summed E-state index contributed by atoms with van der Waals surface area (Å²) in [6, 6.07) is 0. The van der Waals surface area contributed by atoms with Crippen molar-refractivity contribution in [3.8, 4) is 0 Å². The maximum Gasteiger partial charge on any atom is 0.224 e. The number of primary sulfonamides is 1. The van der Waals surface area contributed by atoms with Crippen LogP contribution in [0.1, 0.15) is 6.92 Å². The number of hydrogen-bond acceptors (Lipinski definition) is 3. The third-order valence-corrected chi connectivity index (χ3v) is 1.55. The molecule has 4 nitrogen and oxygen atoms in total. The van der Waals surface area contributed by atoms with Gasteiger partial charge in [-0.15, -0.1) is 0 Å². The molecule has 0 bridgehead atoms. The number of hydrogen-bond donors (Lipinski definition) is 2. The van der Waals surface area contributed by atoms with E-state index in [0.29, 0.717) is 0 Å². The summed E-state index contributed by atoms with van der Waals surface area (Å²) in [5.41, 5.74) is 4.86. The van der Waals surface area contributed by atoms with Crippen molar-refractivity contribution in [3.63, 3.8) is 0 Å². The van der Waals surface area contributed by atoms with Crippen LogP contribution < -0.4 is 10.9 Å². The van der Waals surface area contributed by atoms with Gasteiger partial charge in [-0.05, 0) is 6.92 Å². The molecule has 0 radical (unpaired) electrons. The summed E-state index contributed by atoms with van der Waals surface area (Å²) >= 11 is 0. The topological polar surface area (TPSA) is 86.2 Å². The lowest BCUT2D eigenvalue weighted by Gasteiger charge is -1.96. The summed E-state index contributed by atoms with van der Waals surface area (Å²) in [7, 11) is -3.46. The van der Waals surface area contributed by atoms with E-state index in [2.05, 4.69) is 5.14 Å². The number of nitrogens with two attached hydrogens (primary N) is 2. The lowest BCUT2D eigenvalue weighted by molar-refractivity contribution is 0.587. The van der Waals surface area contributed by atoms with Gasteiger partial charge in [0.05, 0.1) is 0 Å². The molecule has 0 heterocycles. The molecule has 0 aliphatic carbocycles. The van der Waals surface area contributed by atoms with Crippen LogP contribution in [0.4, 0.5) is 0 Å². The van der Waals surface area contributed by atoms with Crippen LogP contribution in [0.2, 0.25) is 0 Å². The molecule has 0 saturated carbocycles. The standard InChI is InChI=1S/C2H8N2O2S/c1-2(3)7(4,5)6/h2H,3H2,1H3,(H2,4,5,6)/t2-/m0/s1. The van der Waals surface area contributed by atoms with E-state index in [1.54, 1.807) is 0 Å². The van der Waals surface area contributed by atoms with Crippen LogP contribution in [0.5, 0.6) is 0 Å². The monoisotopic (exact) mass is 124 g/mol. The van der Waals surface area contributed by atoms with Crippen LogP contribution in [0.25, 0.3) is 0 Å². The molecule has 0 aliphatic rings. The summed E-state index contributed by atoms with van der Waals surface area (Å²) < 4.78 is 20.0. The molecule has 0 aromatic heterocycles. The van der Waals surface area contributed by atoms with Gasteiger partial charge in [0.2, 0.25) is 10.0 Å². The summed E-state index contributed by atoms with van der Waals surface area (Å²) in [5.74, 6) is 0. The lowest BCUT2D eigenvalue weighted by atomic mass is 10.8. The molecular formula is C2H8N2O2S. The van der Waals surface area contributed by atoms with E-state index >= 15 is 0 Å². The van der Waals surface area contributed by atoms with Gasteiger partial charge in [0.1, 0.15) is 5.37 Å². The van der Waals surface area contributed by atoms with Gasteiger partial charge in [0, 0.05) is 0 Å². The Hall–Kier alpha value is -0.130. The summed E-state index contributed by atoms with van der Waals surface area (Å²) in [4.78, 5) is 0. The Morgan fingerprint density at radius 1 is 1.57 bits per heavy atom. The van der Waals surface area contributed by atoms with Crippen LogP contribution in [-0.4, -0.2) is 13.8 Å². The third-order valence-electron chi connectivity index (χ3n) is 0.518. The van der Waals surface area contributed by atoms with Gasteiger partial charge in [0.25, 0.3) is 0 Å². The molecule has 5 heteroatoms. The van der Waals surface area contributed by atoms with Crippen molar-refractivity contribution < 1.29 is 8.42 Å². The SMILES string of the molecule is C[C@@H](N)S(N)(=O)=O. The highest BCUT2D eigenvalue weighted by Gasteiger charge is 2.06. The van der Waals surface area contributed by atoms with Gasteiger partial charge in [-0.3, -0.25) is 0 Å². The average Bonchev–Trinajstić information content (AvgIpc) is 1.31. The zero-order valence-corrected chi connectivity index (χ0v) is 4.77. The Morgan fingerprint density at radius 2 is 1.71 bits per heavy atom. The molecule has 0 amide bonds. The summed E-state index contributed by atoms with van der Waals surface area (Å²) in [5, 5.41) is 3.57. The fourth-order valence-electron chi connectivity index (χ4n) is 0. The normalized spacial score (nSPS) is 16.4. The van der Waals surface area contributed by atoms with Crippen molar-refractivity contribution in [2.45, 2.75) is 12.3 Å². The minimum Gasteiger partial charge on any atom is -0.314 e. The Morgan fingerprint density at radius 3 is 1.71 bits per heavy atom. The van der Waals surface area contributed by atoms with Crippen molar-refractivity contribution in [1.82, 2.24) is 0 Å². The van der Waals surface area contributed by atoms with Crippen molar-refractivity contribution in [3.05, 3.63) is 0 Å². The maximum atomic E-state index is 9.98. The highest BCUT2D eigenvalue weighted by Crippen LogP contribution is 1.79. The quantitative estimate of drug-likeness (QED) is 0.449. The van der Waals surface area contributed by atoms with Crippen LogP contribution in [-0.2, 0) is 10.0 Å². The minimum atomic E-state index is -3.46. The van der Waals surface area contributed by atoms with Gasteiger partial charge < -0.3 is 5.73 Å². The van der Waals surface area contributed by atoms with E-state index in [0.717, 1.165) is 0 Å². The van der Waals surface area contributed by atoms with Crippen molar-refractivity contribution >= 4 is 10.0 Å². The number of rotatable bonds is 1. The van der Waals surface area contributed by atoms with E-state index in [1.807, 2.05) is 0 Å². The molecule has 0 unspecified atom stereocenters. The summed E-state index contributed by atoms with van der Waals surface area (Å²) in [6.07, 6.45) is 0. The van der Waals surface area contributed by atoms with E-state index in [9.17, 15) is 8.42 Å². The first-order valence-corrected chi connectivity index (χ1v) is 3.32. The highest BCUT2D eigenvalue weighted by molar-refractivity contribution is 7.89. The first-order chi connectivity index (χ1) is 2.94. The van der Waals surface area contributed by atoms with E-state index in [-0.39, 0.29) is 0 Å². The second-order valence-electron chi connectivity index (χ2n) is 1.29. The first kappa shape index (κ1) is 6.87. The molecule has 0 aromatic rings. The van der Waals surface area contributed by atoms with Crippen LogP contribution >= 0.6 is 0 Å². The Kier molecular flexibility index (Phi) is 1.74. The number of sulfonamides is 1. The molecule has 0 saturated heterocycles. The van der Waals surface area contributed by atoms with Crippen molar-refractivity contribution in [2.24, 2.45) is 10.9 Å². The largest absolute Gasteiger partial charge is 0.314 e. The fraction of sp³-hybridized carbons (Fsp3) is 1.00. The van der Waals surface area contributed by atoms with E-state index < -0.39 is 15.4 Å². The first-order valence-electron chi connectivity index (χ1n) is 1.72. The van der Waals surface area contributed by atoms with Crippen LogP contribution in [0.15, 0.2) is 0 Å². The molecule has 0 aliphatic heterocycles. The Balaban J connectivity index is 4.10. The zero-order chi connectivity index (χ0) is 6.08. The molecule has 0 fully saturated rings. The molecule has 7 heavy (non-hydrogen) atoms.